The maximum atomic E-state index is 4.95. The van der Waals surface area contributed by atoms with Crippen molar-refractivity contribution >= 4 is 34.4 Å². The molecule has 2 aromatic rings. The Bertz CT molecular complexity index is 1680. The van der Waals surface area contributed by atoms with Gasteiger partial charge in [0.25, 0.3) is 0 Å². The summed E-state index contributed by atoms with van der Waals surface area (Å²) in [5, 5.41) is 3.36. The molecule has 0 spiro atoms. The molecule has 0 amide bonds. The zero-order chi connectivity index (χ0) is 24.2. The Balaban J connectivity index is 0.00000147. The number of aromatic amines is 1. The van der Waals surface area contributed by atoms with Gasteiger partial charge in [-0.25, -0.2) is 20.0 Å². The van der Waals surface area contributed by atoms with Crippen LogP contribution < -0.4 is 17.7 Å². The van der Waals surface area contributed by atoms with Crippen molar-refractivity contribution in [3.05, 3.63) is 120 Å². The molecule has 0 aromatic carbocycles. The van der Waals surface area contributed by atoms with Crippen LogP contribution in [-0.4, -0.2) is 43.6 Å². The van der Waals surface area contributed by atoms with Crippen LogP contribution in [0.1, 0.15) is 17.2 Å². The molecular formula is C28H22ClMnN8-. The number of nitrogens with zero attached hydrogens (tertiary/aromatic N) is 6. The molecule has 0 saturated heterocycles. The van der Waals surface area contributed by atoms with Gasteiger partial charge in [0.05, 0.1) is 51.1 Å². The summed E-state index contributed by atoms with van der Waals surface area (Å²) in [5.41, 5.74) is 8.89. The first-order valence-electron chi connectivity index (χ1n) is 11.7. The van der Waals surface area contributed by atoms with Gasteiger partial charge in [0, 0.05) is 61.7 Å². The van der Waals surface area contributed by atoms with Crippen LogP contribution >= 0.6 is 0 Å². The van der Waals surface area contributed by atoms with Crippen LogP contribution in [0.15, 0.2) is 117 Å². The van der Waals surface area contributed by atoms with Crippen LogP contribution in [0.25, 0.3) is 17.2 Å². The zero-order valence-corrected chi connectivity index (χ0v) is 22.5. The van der Waals surface area contributed by atoms with Crippen molar-refractivity contribution in [3.63, 3.8) is 0 Å². The molecule has 5 aliphatic heterocycles. The minimum atomic E-state index is 0. The molecule has 8 nitrogen and oxygen atoms in total. The molecule has 7 rings (SSSR count). The number of hydrogen-bond acceptors (Lipinski definition) is 6. The molecule has 0 aliphatic carbocycles. The molecule has 1 radical (unpaired) electrons. The van der Waals surface area contributed by atoms with E-state index < -0.39 is 0 Å². The van der Waals surface area contributed by atoms with Crippen molar-refractivity contribution in [1.29, 1.82) is 0 Å². The van der Waals surface area contributed by atoms with E-state index in [1.54, 1.807) is 6.20 Å². The van der Waals surface area contributed by atoms with Gasteiger partial charge in [0.2, 0.25) is 0 Å². The number of aliphatic imine (C=N–C) groups is 3. The van der Waals surface area contributed by atoms with Gasteiger partial charge in [-0.05, 0) is 60.7 Å². The molecule has 5 aliphatic rings. The molecule has 8 bridgehead atoms. The molecule has 0 atom stereocenters. The number of fused-ring (bicyclic) bond motifs is 5. The van der Waals surface area contributed by atoms with Crippen molar-refractivity contribution < 1.29 is 29.5 Å². The molecule has 0 unspecified atom stereocenters. The number of hydrogen-bond donors (Lipinski definition) is 2. The molecule has 0 saturated carbocycles. The molecule has 10 heteroatoms. The number of aromatic nitrogens is 3. The predicted octanol–water partition coefficient (Wildman–Crippen LogP) is 1.11. The van der Waals surface area contributed by atoms with E-state index in [0.29, 0.717) is 0 Å². The van der Waals surface area contributed by atoms with Gasteiger partial charge >= 0.3 is 0 Å². The van der Waals surface area contributed by atoms with E-state index in [0.717, 1.165) is 68.4 Å². The monoisotopic (exact) mass is 560 g/mol. The van der Waals surface area contributed by atoms with Gasteiger partial charge in [-0.3, -0.25) is 0 Å². The summed E-state index contributed by atoms with van der Waals surface area (Å²) in [7, 11) is 4.00. The SMILES string of the molecule is CN1C=CN/C1=C1\C2=NC(=CC3=NC(=C(c4nccn4C)C4=NC(=Cc5ccc1[nH]5)C=C4)C=C3)C=C2.[Cl-].[Mn]. The second-order valence-electron chi connectivity index (χ2n) is 8.91. The average molecular weight is 561 g/mol. The topological polar surface area (TPSA) is 86.0 Å². The Morgan fingerprint density at radius 2 is 1.58 bits per heavy atom. The third-order valence-electron chi connectivity index (χ3n) is 6.48. The second-order valence-corrected chi connectivity index (χ2v) is 8.91. The smallest absolute Gasteiger partial charge is 0.144 e. The van der Waals surface area contributed by atoms with Crippen LogP contribution in [0.3, 0.4) is 0 Å². The van der Waals surface area contributed by atoms with Gasteiger partial charge in [0.15, 0.2) is 0 Å². The Kier molecular flexibility index (Phi) is 6.67. The first-order chi connectivity index (χ1) is 17.6. The number of rotatable bonds is 1. The predicted molar refractivity (Wildman–Crippen MR) is 144 cm³/mol. The summed E-state index contributed by atoms with van der Waals surface area (Å²) in [6.07, 6.45) is 23.8. The number of allylic oxidation sites excluding steroid dienone is 9. The van der Waals surface area contributed by atoms with E-state index in [9.17, 15) is 0 Å². The average Bonchev–Trinajstić information content (AvgIpc) is 3.68. The Hall–Kier alpha value is -4.17. The van der Waals surface area contributed by atoms with E-state index in [2.05, 4.69) is 32.3 Å². The number of imidazole rings is 1. The first-order valence-corrected chi connectivity index (χ1v) is 11.7. The third-order valence-corrected chi connectivity index (χ3v) is 6.48. The third kappa shape index (κ3) is 4.30. The summed E-state index contributed by atoms with van der Waals surface area (Å²) in [4.78, 5) is 25.0. The number of aryl methyl sites for hydroxylation is 1. The quantitative estimate of drug-likeness (QED) is 0.513. The van der Waals surface area contributed by atoms with E-state index in [1.807, 2.05) is 85.9 Å². The standard InChI is InChI=1S/C28H22N8.ClH.Mn/c1-35-13-11-29-27(35)25-21-7-3-17(31-21)15-19-5-9-23(33-19)26(28-30-12-14-36(28)2)24-10-6-20(34-24)16-18-4-8-22(25)32-18;;/h3-16,29,31H,1-2H3;1H;/p-1/b18-16?,19-15?,26-24?,27-25+;;. The Morgan fingerprint density at radius 3 is 2.29 bits per heavy atom. The Morgan fingerprint density at radius 1 is 0.816 bits per heavy atom. The van der Waals surface area contributed by atoms with Gasteiger partial charge in [0.1, 0.15) is 11.6 Å². The molecule has 0 fully saturated rings. The van der Waals surface area contributed by atoms with E-state index in [1.165, 1.54) is 0 Å². The maximum absolute atomic E-state index is 4.95. The molecular weight excluding hydrogens is 539 g/mol. The van der Waals surface area contributed by atoms with Crippen molar-refractivity contribution in [2.24, 2.45) is 22.0 Å². The van der Waals surface area contributed by atoms with Gasteiger partial charge in [-0.1, -0.05) is 0 Å². The number of nitrogens with one attached hydrogen (secondary N) is 2. The van der Waals surface area contributed by atoms with Gasteiger partial charge < -0.3 is 32.2 Å². The van der Waals surface area contributed by atoms with Crippen LogP contribution in [0, 0.1) is 0 Å². The molecule has 7 heterocycles. The minimum absolute atomic E-state index is 0. The number of halogens is 1. The van der Waals surface area contributed by atoms with Crippen LogP contribution in [0.5, 0.6) is 0 Å². The van der Waals surface area contributed by atoms with E-state index in [-0.39, 0.29) is 29.5 Å². The Labute approximate surface area is 236 Å². The van der Waals surface area contributed by atoms with E-state index in [4.69, 9.17) is 15.0 Å². The van der Waals surface area contributed by atoms with Crippen LogP contribution in [-0.2, 0) is 24.1 Å². The fourth-order valence-electron chi connectivity index (χ4n) is 4.75. The maximum Gasteiger partial charge on any atom is 0.144 e. The second kappa shape index (κ2) is 9.95. The summed E-state index contributed by atoms with van der Waals surface area (Å²) in [5.74, 6) is 1.78. The summed E-state index contributed by atoms with van der Waals surface area (Å²) >= 11 is 0. The van der Waals surface area contributed by atoms with Crippen molar-refractivity contribution in [2.45, 2.75) is 0 Å². The molecule has 189 valence electrons. The van der Waals surface area contributed by atoms with Gasteiger partial charge in [-0.2, -0.15) is 0 Å². The summed E-state index contributed by atoms with van der Waals surface area (Å²) in [6.45, 7) is 0. The van der Waals surface area contributed by atoms with Crippen molar-refractivity contribution in [3.8, 4) is 0 Å². The van der Waals surface area contributed by atoms with Crippen LogP contribution in [0.2, 0.25) is 0 Å². The molecule has 2 N–H and O–H groups in total. The fraction of sp³-hybridized carbons (Fsp3) is 0.0714. The van der Waals surface area contributed by atoms with Crippen LogP contribution in [0.4, 0.5) is 0 Å². The van der Waals surface area contributed by atoms with E-state index >= 15 is 0 Å². The summed E-state index contributed by atoms with van der Waals surface area (Å²) < 4.78 is 1.99. The fourth-order valence-corrected chi connectivity index (χ4v) is 4.75. The largest absolute Gasteiger partial charge is 1.00 e. The number of H-pyrrole nitrogens is 1. The molecule has 38 heavy (non-hydrogen) atoms. The van der Waals surface area contributed by atoms with Crippen molar-refractivity contribution in [2.75, 3.05) is 7.05 Å². The van der Waals surface area contributed by atoms with Gasteiger partial charge in [-0.15, -0.1) is 0 Å². The van der Waals surface area contributed by atoms with Crippen molar-refractivity contribution in [1.82, 2.24) is 24.8 Å². The minimum Gasteiger partial charge on any atom is -1.00 e. The normalized spacial score (nSPS) is 20.6. The summed E-state index contributed by atoms with van der Waals surface area (Å²) in [6, 6.07) is 4.15. The first kappa shape index (κ1) is 25.5. The molecule has 2 aromatic heterocycles. The zero-order valence-electron chi connectivity index (χ0n) is 20.5.